The fourth-order valence-corrected chi connectivity index (χ4v) is 2.61. The summed E-state index contributed by atoms with van der Waals surface area (Å²) in [7, 11) is -2.45. The van der Waals surface area contributed by atoms with Gasteiger partial charge in [0.2, 0.25) is 5.28 Å². The number of anilines is 1. The zero-order valence-electron chi connectivity index (χ0n) is 10.9. The first kappa shape index (κ1) is 15.2. The van der Waals surface area contributed by atoms with Crippen molar-refractivity contribution in [3.05, 3.63) is 47.5 Å². The predicted octanol–water partition coefficient (Wildman–Crippen LogP) is 1.29. The highest BCUT2D eigenvalue weighted by atomic mass is 35.5. The molecule has 0 saturated carbocycles. The average molecular weight is 327 g/mol. The van der Waals surface area contributed by atoms with E-state index in [-0.39, 0.29) is 21.4 Å². The number of nitrogens with one attached hydrogen (secondary N) is 2. The number of para-hydroxylation sites is 1. The maximum Gasteiger partial charge on any atom is 0.264 e. The lowest BCUT2D eigenvalue weighted by atomic mass is 10.2. The van der Waals surface area contributed by atoms with Gasteiger partial charge in [0.25, 0.3) is 15.9 Å². The maximum atomic E-state index is 12.2. The Hall–Kier alpha value is -2.19. The van der Waals surface area contributed by atoms with Gasteiger partial charge in [-0.3, -0.25) is 9.52 Å². The number of rotatable bonds is 4. The van der Waals surface area contributed by atoms with Crippen LogP contribution in [-0.2, 0) is 10.0 Å². The van der Waals surface area contributed by atoms with Crippen molar-refractivity contribution in [2.24, 2.45) is 0 Å². The number of sulfonamides is 1. The Kier molecular flexibility index (Phi) is 4.39. The van der Waals surface area contributed by atoms with E-state index in [1.807, 2.05) is 0 Å². The SMILES string of the molecule is CNC(=O)c1ccccc1NS(=O)(=O)c1cnc(Cl)nc1. The van der Waals surface area contributed by atoms with Gasteiger partial charge in [-0.05, 0) is 23.7 Å². The quantitative estimate of drug-likeness (QED) is 0.824. The van der Waals surface area contributed by atoms with Gasteiger partial charge in [0.15, 0.2) is 0 Å². The van der Waals surface area contributed by atoms with Crippen LogP contribution in [0.25, 0.3) is 0 Å². The molecule has 2 rings (SSSR count). The molecule has 1 aromatic heterocycles. The molecule has 0 aliphatic rings. The first-order valence-electron chi connectivity index (χ1n) is 5.75. The summed E-state index contributed by atoms with van der Waals surface area (Å²) < 4.78 is 26.7. The molecular weight excluding hydrogens is 316 g/mol. The Bertz CT molecular complexity index is 762. The lowest BCUT2D eigenvalue weighted by Crippen LogP contribution is -2.21. The van der Waals surface area contributed by atoms with Crippen molar-refractivity contribution >= 4 is 33.2 Å². The van der Waals surface area contributed by atoms with Crippen LogP contribution < -0.4 is 10.0 Å². The van der Waals surface area contributed by atoms with Crippen molar-refractivity contribution in [3.63, 3.8) is 0 Å². The number of hydrogen-bond donors (Lipinski definition) is 2. The zero-order valence-corrected chi connectivity index (χ0v) is 12.4. The Balaban J connectivity index is 2.37. The van der Waals surface area contributed by atoms with Crippen LogP contribution in [0.5, 0.6) is 0 Å². The third-order valence-electron chi connectivity index (χ3n) is 2.55. The molecule has 0 spiro atoms. The highest BCUT2D eigenvalue weighted by Crippen LogP contribution is 2.19. The molecule has 9 heteroatoms. The van der Waals surface area contributed by atoms with E-state index >= 15 is 0 Å². The molecule has 2 N–H and O–H groups in total. The molecule has 110 valence electrons. The first-order chi connectivity index (χ1) is 9.94. The highest BCUT2D eigenvalue weighted by molar-refractivity contribution is 7.92. The predicted molar refractivity (Wildman–Crippen MR) is 77.7 cm³/mol. The molecular formula is C12H11ClN4O3S. The summed E-state index contributed by atoms with van der Waals surface area (Å²) in [6.45, 7) is 0. The van der Waals surface area contributed by atoms with Gasteiger partial charge in [-0.2, -0.15) is 0 Å². The second kappa shape index (κ2) is 6.06. The van der Waals surface area contributed by atoms with E-state index in [0.717, 1.165) is 12.4 Å². The molecule has 0 aliphatic carbocycles. The van der Waals surface area contributed by atoms with Crippen molar-refractivity contribution in [2.45, 2.75) is 4.90 Å². The summed E-state index contributed by atoms with van der Waals surface area (Å²) >= 11 is 5.52. The van der Waals surface area contributed by atoms with Crippen molar-refractivity contribution in [2.75, 3.05) is 11.8 Å². The summed E-state index contributed by atoms with van der Waals surface area (Å²) in [5.74, 6) is -0.402. The van der Waals surface area contributed by atoms with Crippen LogP contribution in [0.4, 0.5) is 5.69 Å². The first-order valence-corrected chi connectivity index (χ1v) is 7.61. The topological polar surface area (TPSA) is 101 Å². The van der Waals surface area contributed by atoms with Crippen molar-refractivity contribution in [1.82, 2.24) is 15.3 Å². The van der Waals surface area contributed by atoms with E-state index < -0.39 is 15.9 Å². The Labute approximate surface area is 126 Å². The van der Waals surface area contributed by atoms with Crippen LogP contribution in [0, 0.1) is 0 Å². The van der Waals surface area contributed by atoms with Crippen LogP contribution in [0.15, 0.2) is 41.6 Å². The molecule has 0 radical (unpaired) electrons. The molecule has 1 aromatic carbocycles. The molecule has 0 unspecified atom stereocenters. The Morgan fingerprint density at radius 2 is 1.81 bits per heavy atom. The van der Waals surface area contributed by atoms with Crippen molar-refractivity contribution in [1.29, 1.82) is 0 Å². The van der Waals surface area contributed by atoms with Crippen molar-refractivity contribution in [3.8, 4) is 0 Å². The van der Waals surface area contributed by atoms with E-state index in [9.17, 15) is 13.2 Å². The largest absolute Gasteiger partial charge is 0.355 e. The second-order valence-electron chi connectivity index (χ2n) is 3.92. The molecule has 0 fully saturated rings. The third kappa shape index (κ3) is 3.47. The van der Waals surface area contributed by atoms with E-state index in [1.165, 1.54) is 19.2 Å². The molecule has 0 aliphatic heterocycles. The minimum Gasteiger partial charge on any atom is -0.355 e. The molecule has 7 nitrogen and oxygen atoms in total. The van der Waals surface area contributed by atoms with Crippen LogP contribution >= 0.6 is 11.6 Å². The normalized spacial score (nSPS) is 11.0. The van der Waals surface area contributed by atoms with Gasteiger partial charge in [-0.15, -0.1) is 0 Å². The Morgan fingerprint density at radius 3 is 2.43 bits per heavy atom. The summed E-state index contributed by atoms with van der Waals surface area (Å²) in [5.41, 5.74) is 0.366. The number of hydrogen-bond acceptors (Lipinski definition) is 5. The van der Waals surface area contributed by atoms with Gasteiger partial charge in [-0.1, -0.05) is 12.1 Å². The molecule has 0 bridgehead atoms. The summed E-state index contributed by atoms with van der Waals surface area (Å²) in [6.07, 6.45) is 2.17. The molecule has 0 saturated heterocycles. The monoisotopic (exact) mass is 326 g/mol. The molecule has 21 heavy (non-hydrogen) atoms. The number of carbonyl (C=O) groups is 1. The minimum atomic E-state index is -3.91. The lowest BCUT2D eigenvalue weighted by molar-refractivity contribution is 0.0964. The van der Waals surface area contributed by atoms with Gasteiger partial charge in [-0.25, -0.2) is 18.4 Å². The number of aromatic nitrogens is 2. The highest BCUT2D eigenvalue weighted by Gasteiger charge is 2.18. The molecule has 0 atom stereocenters. The second-order valence-corrected chi connectivity index (χ2v) is 5.94. The summed E-state index contributed by atoms with van der Waals surface area (Å²) in [6, 6.07) is 6.24. The van der Waals surface area contributed by atoms with E-state index in [0.29, 0.717) is 0 Å². The van der Waals surface area contributed by atoms with Crippen molar-refractivity contribution < 1.29 is 13.2 Å². The van der Waals surface area contributed by atoms with E-state index in [1.54, 1.807) is 12.1 Å². The van der Waals surface area contributed by atoms with Crippen LogP contribution in [0.1, 0.15) is 10.4 Å². The number of carbonyl (C=O) groups excluding carboxylic acids is 1. The van der Waals surface area contributed by atoms with Crippen LogP contribution in [0.3, 0.4) is 0 Å². The molecule has 2 aromatic rings. The van der Waals surface area contributed by atoms with Gasteiger partial charge < -0.3 is 5.32 Å². The van der Waals surface area contributed by atoms with Crippen LogP contribution in [0.2, 0.25) is 5.28 Å². The van der Waals surface area contributed by atoms with Gasteiger partial charge in [0, 0.05) is 7.05 Å². The average Bonchev–Trinajstić information content (AvgIpc) is 2.47. The number of halogens is 1. The standard InChI is InChI=1S/C12H11ClN4O3S/c1-14-11(18)9-4-2-3-5-10(9)17-21(19,20)8-6-15-12(13)16-7-8/h2-7,17H,1H3,(H,14,18). The zero-order chi connectivity index (χ0) is 15.5. The third-order valence-corrected chi connectivity index (χ3v) is 4.07. The summed E-state index contributed by atoms with van der Waals surface area (Å²) in [5, 5.41) is 2.38. The van der Waals surface area contributed by atoms with E-state index in [4.69, 9.17) is 11.6 Å². The van der Waals surface area contributed by atoms with Gasteiger partial charge in [0.05, 0.1) is 23.6 Å². The van der Waals surface area contributed by atoms with E-state index in [2.05, 4.69) is 20.0 Å². The fourth-order valence-electron chi connectivity index (χ4n) is 1.55. The minimum absolute atomic E-state index is 0.0558. The van der Waals surface area contributed by atoms with Gasteiger partial charge >= 0.3 is 0 Å². The smallest absolute Gasteiger partial charge is 0.264 e. The maximum absolute atomic E-state index is 12.2. The summed E-state index contributed by atoms with van der Waals surface area (Å²) in [4.78, 5) is 18.8. The van der Waals surface area contributed by atoms with Crippen LogP contribution in [-0.4, -0.2) is 31.3 Å². The number of amides is 1. The van der Waals surface area contributed by atoms with Gasteiger partial charge in [0.1, 0.15) is 4.90 Å². The molecule has 1 amide bonds. The number of benzene rings is 1. The lowest BCUT2D eigenvalue weighted by Gasteiger charge is -2.11. The number of nitrogens with zero attached hydrogens (tertiary/aromatic N) is 2. The molecule has 1 heterocycles. The Morgan fingerprint density at radius 1 is 1.19 bits per heavy atom. The fraction of sp³-hybridized carbons (Fsp3) is 0.0833.